The van der Waals surface area contributed by atoms with Crippen LogP contribution in [0.4, 0.5) is 0 Å². The van der Waals surface area contributed by atoms with Gasteiger partial charge in [0.1, 0.15) is 5.69 Å². The summed E-state index contributed by atoms with van der Waals surface area (Å²) in [5.74, 6) is -1.07. The number of hydrogen-bond donors (Lipinski definition) is 2. The number of rotatable bonds is 2. The quantitative estimate of drug-likeness (QED) is 0.868. The van der Waals surface area contributed by atoms with Crippen molar-refractivity contribution in [3.8, 4) is 11.3 Å². The van der Waals surface area contributed by atoms with Gasteiger partial charge in [0.15, 0.2) is 0 Å². The first-order valence-corrected chi connectivity index (χ1v) is 5.07. The van der Waals surface area contributed by atoms with Gasteiger partial charge in [0.05, 0.1) is 10.7 Å². The maximum Gasteiger partial charge on any atom is 0.353 e. The minimum Gasteiger partial charge on any atom is -0.477 e. The molecule has 16 heavy (non-hydrogen) atoms. The lowest BCUT2D eigenvalue weighted by Crippen LogP contribution is -1.95. The van der Waals surface area contributed by atoms with Gasteiger partial charge in [0.25, 0.3) is 0 Å². The van der Waals surface area contributed by atoms with Crippen LogP contribution in [-0.4, -0.2) is 21.3 Å². The predicted octanol–water partition coefficient (Wildman–Crippen LogP) is 3.08. The van der Waals surface area contributed by atoms with E-state index in [0.717, 1.165) is 0 Å². The Morgan fingerprint density at radius 3 is 2.69 bits per heavy atom. The molecule has 0 fully saturated rings. The Balaban J connectivity index is 2.50. The molecular weight excluding hydrogens is 251 g/mol. The number of H-pyrrole nitrogens is 1. The molecule has 0 aliphatic heterocycles. The number of halogens is 2. The topological polar surface area (TPSA) is 66.0 Å². The minimum absolute atomic E-state index is 0.00559. The van der Waals surface area contributed by atoms with E-state index in [9.17, 15) is 4.79 Å². The van der Waals surface area contributed by atoms with E-state index in [2.05, 4.69) is 10.2 Å². The molecule has 6 heteroatoms. The van der Waals surface area contributed by atoms with E-state index in [1.54, 1.807) is 18.2 Å². The van der Waals surface area contributed by atoms with Gasteiger partial charge in [0, 0.05) is 10.6 Å². The molecule has 1 heterocycles. The summed E-state index contributed by atoms with van der Waals surface area (Å²) in [6.45, 7) is 0. The fraction of sp³-hybridized carbons (Fsp3) is 0. The zero-order valence-electron chi connectivity index (χ0n) is 7.87. The van der Waals surface area contributed by atoms with Crippen LogP contribution >= 0.6 is 23.2 Å². The Hall–Kier alpha value is -1.52. The van der Waals surface area contributed by atoms with Gasteiger partial charge in [-0.2, -0.15) is 5.10 Å². The predicted molar refractivity (Wildman–Crippen MR) is 61.0 cm³/mol. The molecule has 0 bridgehead atoms. The summed E-state index contributed by atoms with van der Waals surface area (Å²) in [7, 11) is 0. The van der Waals surface area contributed by atoms with Gasteiger partial charge >= 0.3 is 5.97 Å². The average molecular weight is 257 g/mol. The molecular formula is C10H6Cl2N2O2. The van der Waals surface area contributed by atoms with Crippen molar-refractivity contribution in [1.29, 1.82) is 0 Å². The molecule has 1 aromatic heterocycles. The number of benzene rings is 1. The van der Waals surface area contributed by atoms with E-state index in [4.69, 9.17) is 28.3 Å². The summed E-state index contributed by atoms with van der Waals surface area (Å²) in [5, 5.41) is 16.0. The molecule has 2 N–H and O–H groups in total. The van der Waals surface area contributed by atoms with E-state index in [0.29, 0.717) is 21.3 Å². The van der Waals surface area contributed by atoms with Crippen molar-refractivity contribution in [3.05, 3.63) is 40.0 Å². The molecule has 0 saturated carbocycles. The van der Waals surface area contributed by atoms with Crippen LogP contribution in [0.15, 0.2) is 24.3 Å². The summed E-state index contributed by atoms with van der Waals surface area (Å²) in [6, 6.07) is 6.32. The van der Waals surface area contributed by atoms with Crippen LogP contribution in [0.2, 0.25) is 10.0 Å². The van der Waals surface area contributed by atoms with E-state index in [1.165, 1.54) is 6.07 Å². The van der Waals surface area contributed by atoms with E-state index in [1.807, 2.05) is 0 Å². The largest absolute Gasteiger partial charge is 0.477 e. The highest BCUT2D eigenvalue weighted by Gasteiger charge is 2.11. The van der Waals surface area contributed by atoms with Crippen molar-refractivity contribution in [2.45, 2.75) is 0 Å². The number of nitrogens with one attached hydrogen (secondary N) is 1. The summed E-state index contributed by atoms with van der Waals surface area (Å²) in [4.78, 5) is 10.7. The molecule has 0 aliphatic carbocycles. The lowest BCUT2D eigenvalue weighted by molar-refractivity contribution is 0.0690. The Bertz CT molecular complexity index is 552. The number of aromatic nitrogens is 2. The number of carboxylic acids is 1. The second kappa shape index (κ2) is 4.15. The fourth-order valence-electron chi connectivity index (χ4n) is 1.26. The van der Waals surface area contributed by atoms with E-state index in [-0.39, 0.29) is 5.69 Å². The van der Waals surface area contributed by atoms with Gasteiger partial charge in [0.2, 0.25) is 0 Å². The summed E-state index contributed by atoms with van der Waals surface area (Å²) in [5.41, 5.74) is 1.05. The first kappa shape index (κ1) is 11.0. The van der Waals surface area contributed by atoms with Gasteiger partial charge in [-0.25, -0.2) is 4.79 Å². The molecule has 2 rings (SSSR count). The van der Waals surface area contributed by atoms with Crippen LogP contribution in [0.25, 0.3) is 11.3 Å². The molecule has 0 amide bonds. The van der Waals surface area contributed by atoms with Crippen LogP contribution in [0.1, 0.15) is 10.5 Å². The van der Waals surface area contributed by atoms with Crippen LogP contribution in [0.3, 0.4) is 0 Å². The van der Waals surface area contributed by atoms with E-state index < -0.39 is 5.97 Å². The third kappa shape index (κ3) is 2.03. The van der Waals surface area contributed by atoms with Gasteiger partial charge < -0.3 is 5.11 Å². The summed E-state index contributed by atoms with van der Waals surface area (Å²) < 4.78 is 0. The third-order valence-corrected chi connectivity index (χ3v) is 2.58. The Morgan fingerprint density at radius 1 is 1.31 bits per heavy atom. The average Bonchev–Trinajstić information content (AvgIpc) is 2.70. The van der Waals surface area contributed by atoms with Crippen LogP contribution < -0.4 is 0 Å². The van der Waals surface area contributed by atoms with E-state index >= 15 is 0 Å². The second-order valence-electron chi connectivity index (χ2n) is 3.10. The Morgan fingerprint density at radius 2 is 2.06 bits per heavy atom. The Labute approximate surface area is 101 Å². The molecule has 0 atom stereocenters. The zero-order chi connectivity index (χ0) is 11.7. The standard InChI is InChI=1S/C10H6Cl2N2O2/c11-5-1-2-7(12)6(3-5)8-4-9(10(15)16)14-13-8/h1-4H,(H,13,14)(H,15,16). The minimum atomic E-state index is -1.07. The second-order valence-corrected chi connectivity index (χ2v) is 3.94. The molecule has 0 aliphatic rings. The first-order valence-electron chi connectivity index (χ1n) is 4.32. The van der Waals surface area contributed by atoms with Crippen molar-refractivity contribution in [2.75, 3.05) is 0 Å². The first-order chi connectivity index (χ1) is 7.58. The summed E-state index contributed by atoms with van der Waals surface area (Å²) >= 11 is 11.8. The Kier molecular flexibility index (Phi) is 2.85. The smallest absolute Gasteiger partial charge is 0.353 e. The third-order valence-electron chi connectivity index (χ3n) is 2.01. The molecule has 0 unspecified atom stereocenters. The van der Waals surface area contributed by atoms with Crippen LogP contribution in [-0.2, 0) is 0 Å². The molecule has 0 radical (unpaired) electrons. The fourth-order valence-corrected chi connectivity index (χ4v) is 1.65. The maximum atomic E-state index is 10.7. The van der Waals surface area contributed by atoms with Crippen molar-refractivity contribution in [1.82, 2.24) is 10.2 Å². The van der Waals surface area contributed by atoms with Gasteiger partial charge in [-0.1, -0.05) is 23.2 Å². The van der Waals surface area contributed by atoms with Crippen LogP contribution in [0, 0.1) is 0 Å². The monoisotopic (exact) mass is 256 g/mol. The molecule has 0 saturated heterocycles. The number of aromatic carboxylic acids is 1. The number of nitrogens with zero attached hydrogens (tertiary/aromatic N) is 1. The SMILES string of the molecule is O=C(O)c1cc(-c2cc(Cl)ccc2Cl)n[nH]1. The zero-order valence-corrected chi connectivity index (χ0v) is 9.38. The van der Waals surface area contributed by atoms with Crippen molar-refractivity contribution in [2.24, 2.45) is 0 Å². The normalized spacial score (nSPS) is 10.4. The highest BCUT2D eigenvalue weighted by molar-refractivity contribution is 6.35. The van der Waals surface area contributed by atoms with Gasteiger partial charge in [-0.15, -0.1) is 0 Å². The highest BCUT2D eigenvalue weighted by atomic mass is 35.5. The molecule has 0 spiro atoms. The number of hydrogen-bond acceptors (Lipinski definition) is 2. The number of aromatic amines is 1. The molecule has 4 nitrogen and oxygen atoms in total. The molecule has 82 valence electrons. The molecule has 1 aromatic carbocycles. The number of carboxylic acid groups (broad SMARTS) is 1. The number of carbonyl (C=O) groups is 1. The highest BCUT2D eigenvalue weighted by Crippen LogP contribution is 2.29. The van der Waals surface area contributed by atoms with Gasteiger partial charge in [-0.05, 0) is 24.3 Å². The lowest BCUT2D eigenvalue weighted by atomic mass is 10.1. The van der Waals surface area contributed by atoms with Gasteiger partial charge in [-0.3, -0.25) is 5.10 Å². The maximum absolute atomic E-state index is 10.7. The summed E-state index contributed by atoms with van der Waals surface area (Å²) in [6.07, 6.45) is 0. The lowest BCUT2D eigenvalue weighted by Gasteiger charge is -2.00. The van der Waals surface area contributed by atoms with Crippen molar-refractivity contribution in [3.63, 3.8) is 0 Å². The van der Waals surface area contributed by atoms with Crippen molar-refractivity contribution < 1.29 is 9.90 Å². The molecule has 2 aromatic rings. The van der Waals surface area contributed by atoms with Crippen LogP contribution in [0.5, 0.6) is 0 Å². The van der Waals surface area contributed by atoms with Crippen molar-refractivity contribution >= 4 is 29.2 Å².